The summed E-state index contributed by atoms with van der Waals surface area (Å²) >= 11 is 6.29. The molecule has 33 heavy (non-hydrogen) atoms. The van der Waals surface area contributed by atoms with Crippen LogP contribution in [0, 0.1) is 0 Å². The van der Waals surface area contributed by atoms with E-state index in [1.807, 2.05) is 24.3 Å². The molecule has 1 aliphatic carbocycles. The van der Waals surface area contributed by atoms with Gasteiger partial charge in [0.2, 0.25) is 5.91 Å². The number of benzene rings is 2. The molecule has 0 radical (unpaired) electrons. The van der Waals surface area contributed by atoms with E-state index in [-0.39, 0.29) is 18.6 Å². The number of phenols is 1. The van der Waals surface area contributed by atoms with E-state index in [9.17, 15) is 9.90 Å². The zero-order valence-corrected chi connectivity index (χ0v) is 19.7. The SMILES string of the molecule is O=C1CCCN1c1ccc(OCCN2CCC[C@@H]2CO)c(Cl)c1.Oc1ccc(C2CC2)cc1. The van der Waals surface area contributed by atoms with Crippen LogP contribution in [-0.4, -0.2) is 59.9 Å². The van der Waals surface area contributed by atoms with E-state index in [1.165, 1.54) is 18.4 Å². The molecule has 2 heterocycles. The quantitative estimate of drug-likeness (QED) is 0.617. The summed E-state index contributed by atoms with van der Waals surface area (Å²) in [7, 11) is 0. The maximum absolute atomic E-state index is 11.8. The van der Waals surface area contributed by atoms with Crippen LogP contribution in [0.25, 0.3) is 0 Å². The number of aliphatic hydroxyl groups is 1. The molecule has 2 aliphatic heterocycles. The molecule has 6 nitrogen and oxygen atoms in total. The minimum Gasteiger partial charge on any atom is -0.508 e. The van der Waals surface area contributed by atoms with E-state index in [0.717, 1.165) is 50.5 Å². The molecule has 2 N–H and O–H groups in total. The van der Waals surface area contributed by atoms with Gasteiger partial charge in [-0.1, -0.05) is 23.7 Å². The number of likely N-dealkylation sites (tertiary alicyclic amines) is 1. The van der Waals surface area contributed by atoms with Gasteiger partial charge in [-0.05, 0) is 80.5 Å². The van der Waals surface area contributed by atoms with Crippen LogP contribution in [0.4, 0.5) is 5.69 Å². The van der Waals surface area contributed by atoms with Crippen molar-refractivity contribution in [2.45, 2.75) is 50.5 Å². The van der Waals surface area contributed by atoms with Crippen LogP contribution >= 0.6 is 11.6 Å². The number of aliphatic hydroxyl groups excluding tert-OH is 1. The minimum atomic E-state index is 0.152. The first-order valence-corrected chi connectivity index (χ1v) is 12.3. The number of hydrogen-bond acceptors (Lipinski definition) is 5. The van der Waals surface area contributed by atoms with Gasteiger partial charge in [0.05, 0.1) is 11.6 Å². The first-order valence-electron chi connectivity index (χ1n) is 11.9. The molecule has 3 fully saturated rings. The van der Waals surface area contributed by atoms with Gasteiger partial charge in [0, 0.05) is 31.2 Å². The second-order valence-corrected chi connectivity index (χ2v) is 9.40. The number of carbonyl (C=O) groups is 1. The summed E-state index contributed by atoms with van der Waals surface area (Å²) in [6.07, 6.45) is 6.34. The first-order chi connectivity index (χ1) is 16.0. The molecule has 1 saturated carbocycles. The number of hydrogen-bond donors (Lipinski definition) is 2. The van der Waals surface area contributed by atoms with Gasteiger partial charge in [-0.2, -0.15) is 0 Å². The van der Waals surface area contributed by atoms with E-state index in [0.29, 0.717) is 29.5 Å². The Morgan fingerprint density at radius 1 is 1.03 bits per heavy atom. The highest BCUT2D eigenvalue weighted by Crippen LogP contribution is 2.40. The lowest BCUT2D eigenvalue weighted by Gasteiger charge is -2.23. The van der Waals surface area contributed by atoms with Gasteiger partial charge in [0.1, 0.15) is 18.1 Å². The van der Waals surface area contributed by atoms with Crippen LogP contribution in [0.1, 0.15) is 50.0 Å². The number of phenolic OH excluding ortho intramolecular Hbond substituents is 1. The fourth-order valence-corrected chi connectivity index (χ4v) is 4.76. The molecule has 2 saturated heterocycles. The van der Waals surface area contributed by atoms with Gasteiger partial charge >= 0.3 is 0 Å². The Hall–Kier alpha value is -2.28. The summed E-state index contributed by atoms with van der Waals surface area (Å²) in [6, 6.07) is 13.3. The Bertz CT molecular complexity index is 932. The molecule has 0 spiro atoms. The van der Waals surface area contributed by atoms with Crippen LogP contribution in [0.3, 0.4) is 0 Å². The molecule has 1 amide bonds. The van der Waals surface area contributed by atoms with Crippen molar-refractivity contribution in [2.24, 2.45) is 0 Å². The molecule has 2 aromatic carbocycles. The number of aromatic hydroxyl groups is 1. The molecule has 0 bridgehead atoms. The van der Waals surface area contributed by atoms with Gasteiger partial charge in [-0.15, -0.1) is 0 Å². The van der Waals surface area contributed by atoms with Crippen molar-refractivity contribution >= 4 is 23.2 Å². The van der Waals surface area contributed by atoms with Crippen molar-refractivity contribution in [3.63, 3.8) is 0 Å². The lowest BCUT2D eigenvalue weighted by Crippen LogP contribution is -2.35. The van der Waals surface area contributed by atoms with Gasteiger partial charge < -0.3 is 19.8 Å². The molecular formula is C26H33ClN2O4. The number of carbonyl (C=O) groups excluding carboxylic acids is 1. The highest BCUT2D eigenvalue weighted by molar-refractivity contribution is 6.32. The van der Waals surface area contributed by atoms with E-state index in [1.54, 1.807) is 23.1 Å². The third-order valence-electron chi connectivity index (χ3n) is 6.59. The topological polar surface area (TPSA) is 73.2 Å². The van der Waals surface area contributed by atoms with E-state index >= 15 is 0 Å². The van der Waals surface area contributed by atoms with Crippen LogP contribution in [0.5, 0.6) is 11.5 Å². The summed E-state index contributed by atoms with van der Waals surface area (Å²) in [5, 5.41) is 18.8. The number of anilines is 1. The van der Waals surface area contributed by atoms with Crippen molar-refractivity contribution in [1.29, 1.82) is 0 Å². The number of nitrogens with zero attached hydrogens (tertiary/aromatic N) is 2. The number of amides is 1. The molecule has 7 heteroatoms. The lowest BCUT2D eigenvalue weighted by molar-refractivity contribution is -0.117. The van der Waals surface area contributed by atoms with Gasteiger partial charge in [-0.3, -0.25) is 9.69 Å². The van der Waals surface area contributed by atoms with Crippen molar-refractivity contribution in [3.8, 4) is 11.5 Å². The second kappa shape index (κ2) is 11.2. The molecule has 5 rings (SSSR count). The number of ether oxygens (including phenoxy) is 1. The van der Waals surface area contributed by atoms with E-state index in [2.05, 4.69) is 4.90 Å². The summed E-state index contributed by atoms with van der Waals surface area (Å²) in [5.41, 5.74) is 2.21. The predicted molar refractivity (Wildman–Crippen MR) is 130 cm³/mol. The van der Waals surface area contributed by atoms with Crippen LogP contribution < -0.4 is 9.64 Å². The molecule has 2 aromatic rings. The number of halogens is 1. The van der Waals surface area contributed by atoms with Crippen LogP contribution in [0.2, 0.25) is 5.02 Å². The number of rotatable bonds is 7. The van der Waals surface area contributed by atoms with E-state index in [4.69, 9.17) is 21.4 Å². The maximum atomic E-state index is 11.8. The van der Waals surface area contributed by atoms with Crippen LogP contribution in [-0.2, 0) is 4.79 Å². The monoisotopic (exact) mass is 472 g/mol. The Morgan fingerprint density at radius 3 is 2.45 bits per heavy atom. The zero-order valence-electron chi connectivity index (χ0n) is 19.0. The fourth-order valence-electron chi connectivity index (χ4n) is 4.53. The summed E-state index contributed by atoms with van der Waals surface area (Å²) in [6.45, 7) is 3.30. The van der Waals surface area contributed by atoms with Gasteiger partial charge in [0.15, 0.2) is 0 Å². The minimum absolute atomic E-state index is 0.152. The van der Waals surface area contributed by atoms with Gasteiger partial charge in [0.25, 0.3) is 0 Å². The average molecular weight is 473 g/mol. The van der Waals surface area contributed by atoms with Crippen molar-refractivity contribution in [2.75, 3.05) is 37.7 Å². The average Bonchev–Trinajstić information content (AvgIpc) is 3.42. The molecular weight excluding hydrogens is 440 g/mol. The normalized spacial score (nSPS) is 20.6. The Labute approximate surface area is 200 Å². The predicted octanol–water partition coefficient (Wildman–Crippen LogP) is 4.57. The molecule has 178 valence electrons. The highest BCUT2D eigenvalue weighted by atomic mass is 35.5. The Morgan fingerprint density at radius 2 is 1.82 bits per heavy atom. The molecule has 0 unspecified atom stereocenters. The smallest absolute Gasteiger partial charge is 0.227 e. The highest BCUT2D eigenvalue weighted by Gasteiger charge is 2.24. The Balaban J connectivity index is 0.000000214. The van der Waals surface area contributed by atoms with Crippen molar-refractivity contribution in [3.05, 3.63) is 53.1 Å². The summed E-state index contributed by atoms with van der Waals surface area (Å²) in [4.78, 5) is 15.8. The summed E-state index contributed by atoms with van der Waals surface area (Å²) < 4.78 is 5.78. The second-order valence-electron chi connectivity index (χ2n) is 8.99. The molecule has 1 atom stereocenters. The zero-order chi connectivity index (χ0) is 23.2. The molecule has 0 aromatic heterocycles. The first kappa shape index (κ1) is 23.9. The van der Waals surface area contributed by atoms with Gasteiger partial charge in [-0.25, -0.2) is 0 Å². The fraction of sp³-hybridized carbons (Fsp3) is 0.500. The third-order valence-corrected chi connectivity index (χ3v) is 6.88. The Kier molecular flexibility index (Phi) is 8.12. The third kappa shape index (κ3) is 6.40. The van der Waals surface area contributed by atoms with Crippen molar-refractivity contribution in [1.82, 2.24) is 4.90 Å². The van der Waals surface area contributed by atoms with Crippen molar-refractivity contribution < 1.29 is 19.7 Å². The lowest BCUT2D eigenvalue weighted by atomic mass is 10.1. The standard InChI is InChI=1S/C17H23ClN2O3.C9H10O/c18-15-11-13(20-8-2-4-17(20)22)5-6-16(15)23-10-9-19-7-1-3-14(19)12-21;10-9-5-3-8(4-6-9)7-1-2-7/h5-6,11,14,21H,1-4,7-10,12H2;3-7,10H,1-2H2/t14-;/m1./s1. The molecule has 3 aliphatic rings. The summed E-state index contributed by atoms with van der Waals surface area (Å²) in [5.74, 6) is 1.95. The maximum Gasteiger partial charge on any atom is 0.227 e. The van der Waals surface area contributed by atoms with Crippen LogP contribution in [0.15, 0.2) is 42.5 Å². The largest absolute Gasteiger partial charge is 0.508 e. The van der Waals surface area contributed by atoms with E-state index < -0.39 is 0 Å².